The number of rotatable bonds is 3. The summed E-state index contributed by atoms with van der Waals surface area (Å²) in [4.78, 5) is 5.91. The minimum absolute atomic E-state index is 0.0429. The molecule has 2 rings (SSSR count). The highest BCUT2D eigenvalue weighted by Gasteiger charge is 2.33. The van der Waals surface area contributed by atoms with Crippen molar-refractivity contribution >= 4 is 29.0 Å². The Labute approximate surface area is 125 Å². The van der Waals surface area contributed by atoms with Crippen molar-refractivity contribution in [3.05, 3.63) is 22.8 Å². The van der Waals surface area contributed by atoms with Crippen LogP contribution in [0.2, 0.25) is 5.02 Å². The molecular weight excluding hydrogens is 312 g/mol. The second-order valence-electron chi connectivity index (χ2n) is 4.85. The Morgan fingerprint density at radius 2 is 2.10 bits per heavy atom. The van der Waals surface area contributed by atoms with Crippen LogP contribution in [0.5, 0.6) is 0 Å². The quantitative estimate of drug-likeness (QED) is 0.746. The molecule has 0 aromatic carbocycles. The summed E-state index contributed by atoms with van der Waals surface area (Å²) < 4.78 is 37.8. The average Bonchev–Trinajstić information content (AvgIpc) is 2.39. The van der Waals surface area contributed by atoms with Gasteiger partial charge in [0.25, 0.3) is 0 Å². The van der Waals surface area contributed by atoms with E-state index in [1.165, 1.54) is 0 Å². The van der Waals surface area contributed by atoms with E-state index in [2.05, 4.69) is 4.98 Å². The number of hydrogen-bond acceptors (Lipinski definition) is 2. The summed E-state index contributed by atoms with van der Waals surface area (Å²) in [5.41, 5.74) is -0.822. The zero-order valence-corrected chi connectivity index (χ0v) is 12.3. The molecule has 1 aliphatic heterocycles. The van der Waals surface area contributed by atoms with E-state index in [-0.39, 0.29) is 11.1 Å². The van der Waals surface area contributed by atoms with Crippen LogP contribution in [0.3, 0.4) is 0 Å². The molecular formula is C13H15Cl2F3N2. The van der Waals surface area contributed by atoms with Gasteiger partial charge in [0.15, 0.2) is 0 Å². The lowest BCUT2D eigenvalue weighted by atomic mass is 10.00. The van der Waals surface area contributed by atoms with E-state index in [0.29, 0.717) is 11.7 Å². The summed E-state index contributed by atoms with van der Waals surface area (Å²) in [5.74, 6) is 0.939. The van der Waals surface area contributed by atoms with Gasteiger partial charge in [-0.1, -0.05) is 11.6 Å². The van der Waals surface area contributed by atoms with Crippen LogP contribution >= 0.6 is 23.2 Å². The van der Waals surface area contributed by atoms with Crippen molar-refractivity contribution in [3.8, 4) is 0 Å². The minimum atomic E-state index is -4.42. The van der Waals surface area contributed by atoms with Crippen molar-refractivity contribution in [2.24, 2.45) is 0 Å². The van der Waals surface area contributed by atoms with Crippen molar-refractivity contribution in [2.75, 3.05) is 17.3 Å². The van der Waals surface area contributed by atoms with Crippen LogP contribution in [0.15, 0.2) is 12.3 Å². The Kier molecular flexibility index (Phi) is 5.02. The zero-order valence-electron chi connectivity index (χ0n) is 10.8. The van der Waals surface area contributed by atoms with E-state index in [1.807, 2.05) is 4.90 Å². The Bertz CT molecular complexity index is 463. The predicted molar refractivity (Wildman–Crippen MR) is 74.6 cm³/mol. The van der Waals surface area contributed by atoms with Gasteiger partial charge in [0.2, 0.25) is 0 Å². The van der Waals surface area contributed by atoms with Gasteiger partial charge < -0.3 is 4.90 Å². The number of anilines is 1. The number of piperidine rings is 1. The van der Waals surface area contributed by atoms with Crippen LogP contribution in [0.1, 0.15) is 31.2 Å². The number of halogens is 5. The Hall–Kier alpha value is -0.680. The third kappa shape index (κ3) is 3.50. The monoisotopic (exact) mass is 326 g/mol. The SMILES string of the molecule is FC(F)(F)c1cnc(N2CCCCC2CCCl)c(Cl)c1. The van der Waals surface area contributed by atoms with Gasteiger partial charge in [0.1, 0.15) is 5.82 Å². The van der Waals surface area contributed by atoms with Crippen molar-refractivity contribution < 1.29 is 13.2 Å². The van der Waals surface area contributed by atoms with Crippen molar-refractivity contribution in [2.45, 2.75) is 37.9 Å². The first-order valence-corrected chi connectivity index (χ1v) is 7.40. The normalized spacial score (nSPS) is 20.2. The number of hydrogen-bond donors (Lipinski definition) is 0. The summed E-state index contributed by atoms with van der Waals surface area (Å²) in [6, 6.07) is 1.14. The molecule has 1 atom stereocenters. The maximum absolute atomic E-state index is 12.6. The molecule has 7 heteroatoms. The fraction of sp³-hybridized carbons (Fsp3) is 0.615. The topological polar surface area (TPSA) is 16.1 Å². The standard InChI is InChI=1S/C13H15Cl2F3N2/c14-5-4-10-3-1-2-6-20(10)12-11(15)7-9(8-19-12)13(16,17)18/h7-8,10H,1-6H2. The lowest BCUT2D eigenvalue weighted by Crippen LogP contribution is -2.40. The number of alkyl halides is 4. The van der Waals surface area contributed by atoms with Crippen LogP contribution in [0.25, 0.3) is 0 Å². The van der Waals surface area contributed by atoms with E-state index < -0.39 is 11.7 Å². The highest BCUT2D eigenvalue weighted by molar-refractivity contribution is 6.33. The molecule has 1 fully saturated rings. The number of aromatic nitrogens is 1. The van der Waals surface area contributed by atoms with Crippen LogP contribution in [0, 0.1) is 0 Å². The van der Waals surface area contributed by atoms with E-state index >= 15 is 0 Å². The molecule has 0 aliphatic carbocycles. The van der Waals surface area contributed by atoms with E-state index in [9.17, 15) is 13.2 Å². The van der Waals surface area contributed by atoms with Crippen molar-refractivity contribution in [3.63, 3.8) is 0 Å². The molecule has 0 radical (unpaired) electrons. The predicted octanol–water partition coefficient (Wildman–Crippen LogP) is 4.74. The molecule has 1 unspecified atom stereocenters. The second kappa shape index (κ2) is 6.39. The summed E-state index contributed by atoms with van der Waals surface area (Å²) in [6.45, 7) is 0.750. The molecule has 0 saturated carbocycles. The molecule has 0 bridgehead atoms. The molecule has 1 aromatic rings. The molecule has 1 aromatic heterocycles. The first-order chi connectivity index (χ1) is 9.43. The summed E-state index contributed by atoms with van der Waals surface area (Å²) in [6.07, 6.45) is 0.237. The summed E-state index contributed by atoms with van der Waals surface area (Å²) in [7, 11) is 0. The van der Waals surface area contributed by atoms with Gasteiger partial charge in [-0.15, -0.1) is 11.6 Å². The van der Waals surface area contributed by atoms with Gasteiger partial charge >= 0.3 is 6.18 Å². The number of nitrogens with zero attached hydrogens (tertiary/aromatic N) is 2. The molecule has 2 heterocycles. The van der Waals surface area contributed by atoms with Crippen LogP contribution in [-0.2, 0) is 6.18 Å². The summed E-state index contributed by atoms with van der Waals surface area (Å²) in [5, 5.41) is 0.0429. The Balaban J connectivity index is 2.27. The van der Waals surface area contributed by atoms with Crippen LogP contribution in [0.4, 0.5) is 19.0 Å². The van der Waals surface area contributed by atoms with Gasteiger partial charge in [0.05, 0.1) is 10.6 Å². The molecule has 2 nitrogen and oxygen atoms in total. The van der Waals surface area contributed by atoms with Gasteiger partial charge in [-0.3, -0.25) is 0 Å². The Morgan fingerprint density at radius 3 is 2.70 bits per heavy atom. The third-order valence-electron chi connectivity index (χ3n) is 3.49. The van der Waals surface area contributed by atoms with Gasteiger partial charge in [-0.05, 0) is 31.7 Å². The smallest absolute Gasteiger partial charge is 0.352 e. The zero-order chi connectivity index (χ0) is 14.8. The molecule has 1 aliphatic rings. The van der Waals surface area contributed by atoms with Gasteiger partial charge in [0, 0.05) is 24.7 Å². The Morgan fingerprint density at radius 1 is 1.35 bits per heavy atom. The molecule has 20 heavy (non-hydrogen) atoms. The van der Waals surface area contributed by atoms with Gasteiger partial charge in [-0.2, -0.15) is 13.2 Å². The van der Waals surface area contributed by atoms with Crippen molar-refractivity contribution in [1.29, 1.82) is 0 Å². The fourth-order valence-corrected chi connectivity index (χ4v) is 3.03. The number of pyridine rings is 1. The molecule has 0 N–H and O–H groups in total. The largest absolute Gasteiger partial charge is 0.417 e. The highest BCUT2D eigenvalue weighted by Crippen LogP contribution is 2.35. The summed E-state index contributed by atoms with van der Waals surface area (Å²) >= 11 is 11.8. The highest BCUT2D eigenvalue weighted by atomic mass is 35.5. The van der Waals surface area contributed by atoms with E-state index in [1.54, 1.807) is 0 Å². The lowest BCUT2D eigenvalue weighted by Gasteiger charge is -2.37. The van der Waals surface area contributed by atoms with Crippen LogP contribution < -0.4 is 4.90 Å². The molecule has 0 amide bonds. The third-order valence-corrected chi connectivity index (χ3v) is 3.99. The first-order valence-electron chi connectivity index (χ1n) is 6.49. The molecule has 112 valence electrons. The fourth-order valence-electron chi connectivity index (χ4n) is 2.50. The first kappa shape index (κ1) is 15.7. The van der Waals surface area contributed by atoms with Gasteiger partial charge in [-0.25, -0.2) is 4.98 Å². The lowest BCUT2D eigenvalue weighted by molar-refractivity contribution is -0.137. The molecule has 1 saturated heterocycles. The average molecular weight is 327 g/mol. The van der Waals surface area contributed by atoms with Crippen LogP contribution in [-0.4, -0.2) is 23.5 Å². The van der Waals surface area contributed by atoms with E-state index in [4.69, 9.17) is 23.2 Å². The maximum Gasteiger partial charge on any atom is 0.417 e. The molecule has 0 spiro atoms. The van der Waals surface area contributed by atoms with Crippen molar-refractivity contribution in [1.82, 2.24) is 4.98 Å². The second-order valence-corrected chi connectivity index (χ2v) is 5.63. The minimum Gasteiger partial charge on any atom is -0.352 e. The maximum atomic E-state index is 12.6. The van der Waals surface area contributed by atoms with E-state index in [0.717, 1.165) is 44.5 Å².